The topological polar surface area (TPSA) is 67.1 Å². The molecule has 1 saturated heterocycles. The molecule has 1 unspecified atom stereocenters. The summed E-state index contributed by atoms with van der Waals surface area (Å²) in [5.41, 5.74) is 6.72. The SMILES string of the molecule is CCN1CCCC(Nc2ncnc(N)c2C)C1. The van der Waals surface area contributed by atoms with Gasteiger partial charge in [0.25, 0.3) is 0 Å². The molecule has 3 N–H and O–H groups in total. The predicted octanol–water partition coefficient (Wildman–Crippen LogP) is 1.26. The quantitative estimate of drug-likeness (QED) is 0.825. The average Bonchev–Trinajstić information content (AvgIpc) is 2.35. The van der Waals surface area contributed by atoms with E-state index in [1.165, 1.54) is 25.7 Å². The van der Waals surface area contributed by atoms with Crippen molar-refractivity contribution in [2.24, 2.45) is 0 Å². The fourth-order valence-corrected chi connectivity index (χ4v) is 2.26. The molecule has 0 saturated carbocycles. The van der Waals surface area contributed by atoms with Gasteiger partial charge < -0.3 is 16.0 Å². The van der Waals surface area contributed by atoms with E-state index in [2.05, 4.69) is 27.1 Å². The number of nitrogens with zero attached hydrogens (tertiary/aromatic N) is 3. The Morgan fingerprint density at radius 3 is 3.12 bits per heavy atom. The zero-order valence-corrected chi connectivity index (χ0v) is 10.6. The van der Waals surface area contributed by atoms with Gasteiger partial charge in [-0.1, -0.05) is 6.92 Å². The van der Waals surface area contributed by atoms with Crippen molar-refractivity contribution in [3.8, 4) is 0 Å². The van der Waals surface area contributed by atoms with E-state index < -0.39 is 0 Å². The molecule has 1 aromatic heterocycles. The summed E-state index contributed by atoms with van der Waals surface area (Å²) in [6.07, 6.45) is 3.95. The lowest BCUT2D eigenvalue weighted by atomic mass is 10.1. The lowest BCUT2D eigenvalue weighted by molar-refractivity contribution is 0.226. The number of nitrogen functional groups attached to an aromatic ring is 1. The molecule has 1 aliphatic rings. The second-order valence-corrected chi connectivity index (χ2v) is 4.61. The van der Waals surface area contributed by atoms with Crippen LogP contribution in [0.1, 0.15) is 25.3 Å². The van der Waals surface area contributed by atoms with Gasteiger partial charge in [-0.3, -0.25) is 0 Å². The normalized spacial score (nSPS) is 21.4. The summed E-state index contributed by atoms with van der Waals surface area (Å²) in [7, 11) is 0. The molecule has 1 aliphatic heterocycles. The van der Waals surface area contributed by atoms with Gasteiger partial charge in [-0.15, -0.1) is 0 Å². The van der Waals surface area contributed by atoms with E-state index >= 15 is 0 Å². The first-order valence-corrected chi connectivity index (χ1v) is 6.26. The van der Waals surface area contributed by atoms with Gasteiger partial charge >= 0.3 is 0 Å². The van der Waals surface area contributed by atoms with Crippen LogP contribution in [0.15, 0.2) is 6.33 Å². The Kier molecular flexibility index (Phi) is 3.78. The van der Waals surface area contributed by atoms with E-state index in [9.17, 15) is 0 Å². The van der Waals surface area contributed by atoms with Gasteiger partial charge in [-0.25, -0.2) is 9.97 Å². The van der Waals surface area contributed by atoms with E-state index in [4.69, 9.17) is 5.73 Å². The number of nitrogens with one attached hydrogen (secondary N) is 1. The number of piperidine rings is 1. The van der Waals surface area contributed by atoms with Crippen LogP contribution in [0.4, 0.5) is 11.6 Å². The van der Waals surface area contributed by atoms with Crippen LogP contribution in [0.3, 0.4) is 0 Å². The molecule has 17 heavy (non-hydrogen) atoms. The summed E-state index contributed by atoms with van der Waals surface area (Å²) in [6.45, 7) is 7.57. The standard InChI is InChI=1S/C12H21N5/c1-3-17-6-4-5-10(7-17)16-12-9(2)11(13)14-8-15-12/h8,10H,3-7H2,1-2H3,(H3,13,14,15,16). The van der Waals surface area contributed by atoms with Crippen molar-refractivity contribution < 1.29 is 0 Å². The first-order valence-electron chi connectivity index (χ1n) is 6.26. The van der Waals surface area contributed by atoms with Crippen LogP contribution in [0.2, 0.25) is 0 Å². The molecule has 0 radical (unpaired) electrons. The predicted molar refractivity (Wildman–Crippen MR) is 69.9 cm³/mol. The maximum Gasteiger partial charge on any atom is 0.134 e. The second kappa shape index (κ2) is 5.31. The maximum absolute atomic E-state index is 5.78. The number of aromatic nitrogens is 2. The molecule has 0 bridgehead atoms. The van der Waals surface area contributed by atoms with E-state index in [-0.39, 0.29) is 0 Å². The number of rotatable bonds is 3. The van der Waals surface area contributed by atoms with Gasteiger partial charge in [0.1, 0.15) is 18.0 Å². The molecule has 0 spiro atoms. The number of likely N-dealkylation sites (N-methyl/N-ethyl adjacent to an activating group) is 1. The molecular weight excluding hydrogens is 214 g/mol. The van der Waals surface area contributed by atoms with Crippen LogP contribution in [-0.2, 0) is 0 Å². The van der Waals surface area contributed by atoms with Crippen molar-refractivity contribution >= 4 is 11.6 Å². The molecule has 0 aromatic carbocycles. The fraction of sp³-hybridized carbons (Fsp3) is 0.667. The lowest BCUT2D eigenvalue weighted by Gasteiger charge is -2.32. The van der Waals surface area contributed by atoms with Gasteiger partial charge in [-0.05, 0) is 32.9 Å². The molecule has 1 fully saturated rings. The van der Waals surface area contributed by atoms with Crippen molar-refractivity contribution in [3.63, 3.8) is 0 Å². The minimum Gasteiger partial charge on any atom is -0.383 e. The molecule has 1 atom stereocenters. The monoisotopic (exact) mass is 235 g/mol. The van der Waals surface area contributed by atoms with Crippen LogP contribution < -0.4 is 11.1 Å². The smallest absolute Gasteiger partial charge is 0.134 e. The van der Waals surface area contributed by atoms with Crippen molar-refractivity contribution in [2.45, 2.75) is 32.7 Å². The third kappa shape index (κ3) is 2.85. The van der Waals surface area contributed by atoms with Crippen molar-refractivity contribution in [3.05, 3.63) is 11.9 Å². The average molecular weight is 235 g/mol. The Morgan fingerprint density at radius 1 is 1.53 bits per heavy atom. The third-order valence-electron chi connectivity index (χ3n) is 3.42. The highest BCUT2D eigenvalue weighted by molar-refractivity contribution is 5.54. The number of hydrogen-bond acceptors (Lipinski definition) is 5. The highest BCUT2D eigenvalue weighted by Gasteiger charge is 2.19. The van der Waals surface area contributed by atoms with Crippen molar-refractivity contribution in [2.75, 3.05) is 30.7 Å². The number of anilines is 2. The van der Waals surface area contributed by atoms with Crippen LogP contribution in [0.25, 0.3) is 0 Å². The Hall–Kier alpha value is -1.36. The summed E-state index contributed by atoms with van der Waals surface area (Å²) >= 11 is 0. The zero-order valence-electron chi connectivity index (χ0n) is 10.6. The first-order chi connectivity index (χ1) is 8.20. The maximum atomic E-state index is 5.78. The molecule has 0 amide bonds. The van der Waals surface area contributed by atoms with Gasteiger partial charge in [-0.2, -0.15) is 0 Å². The van der Waals surface area contributed by atoms with Gasteiger partial charge in [0.2, 0.25) is 0 Å². The van der Waals surface area contributed by atoms with E-state index in [0.29, 0.717) is 11.9 Å². The highest BCUT2D eigenvalue weighted by atomic mass is 15.2. The molecule has 5 heteroatoms. The van der Waals surface area contributed by atoms with Crippen LogP contribution in [-0.4, -0.2) is 40.5 Å². The molecule has 0 aliphatic carbocycles. The Bertz CT molecular complexity index is 379. The molecule has 94 valence electrons. The summed E-state index contributed by atoms with van der Waals surface area (Å²) in [5.74, 6) is 1.44. The number of likely N-dealkylation sites (tertiary alicyclic amines) is 1. The number of nitrogens with two attached hydrogens (primary N) is 1. The van der Waals surface area contributed by atoms with Gasteiger partial charge in [0.05, 0.1) is 0 Å². The molecule has 2 rings (SSSR count). The van der Waals surface area contributed by atoms with Crippen LogP contribution in [0, 0.1) is 6.92 Å². The van der Waals surface area contributed by atoms with E-state index in [0.717, 1.165) is 24.5 Å². The molecule has 5 nitrogen and oxygen atoms in total. The van der Waals surface area contributed by atoms with Crippen LogP contribution in [0.5, 0.6) is 0 Å². The second-order valence-electron chi connectivity index (χ2n) is 4.61. The Labute approximate surface area is 102 Å². The minimum absolute atomic E-state index is 0.469. The molecule has 2 heterocycles. The van der Waals surface area contributed by atoms with Crippen molar-refractivity contribution in [1.82, 2.24) is 14.9 Å². The van der Waals surface area contributed by atoms with Gasteiger partial charge in [0.15, 0.2) is 0 Å². The fourth-order valence-electron chi connectivity index (χ4n) is 2.26. The van der Waals surface area contributed by atoms with Crippen LogP contribution >= 0.6 is 0 Å². The highest BCUT2D eigenvalue weighted by Crippen LogP contribution is 2.19. The van der Waals surface area contributed by atoms with E-state index in [1.54, 1.807) is 0 Å². The summed E-state index contributed by atoms with van der Waals surface area (Å²) < 4.78 is 0. The minimum atomic E-state index is 0.469. The lowest BCUT2D eigenvalue weighted by Crippen LogP contribution is -2.42. The van der Waals surface area contributed by atoms with Gasteiger partial charge in [0, 0.05) is 18.2 Å². The third-order valence-corrected chi connectivity index (χ3v) is 3.42. The number of hydrogen-bond donors (Lipinski definition) is 2. The molecular formula is C12H21N5. The first kappa shape index (κ1) is 12.1. The summed E-state index contributed by atoms with van der Waals surface area (Å²) in [5, 5.41) is 3.48. The van der Waals surface area contributed by atoms with E-state index in [1.807, 2.05) is 6.92 Å². The Balaban J connectivity index is 2.02. The summed E-state index contributed by atoms with van der Waals surface area (Å²) in [4.78, 5) is 10.7. The zero-order chi connectivity index (χ0) is 12.3. The molecule has 1 aromatic rings. The summed E-state index contributed by atoms with van der Waals surface area (Å²) in [6, 6.07) is 0.469. The Morgan fingerprint density at radius 2 is 2.35 bits per heavy atom. The largest absolute Gasteiger partial charge is 0.383 e. The van der Waals surface area contributed by atoms with Crippen molar-refractivity contribution in [1.29, 1.82) is 0 Å².